The van der Waals surface area contributed by atoms with Gasteiger partial charge in [-0.15, -0.1) is 0 Å². The molecule has 4 N–H and O–H groups in total. The summed E-state index contributed by atoms with van der Waals surface area (Å²) in [5.41, 5.74) is 7.35. The first kappa shape index (κ1) is 13.6. The number of phenolic OH excluding ortho intramolecular Hbond substituents is 1. The van der Waals surface area contributed by atoms with Gasteiger partial charge < -0.3 is 23.2 Å². The lowest BCUT2D eigenvalue weighted by Gasteiger charge is -2.08. The van der Waals surface area contributed by atoms with Gasteiger partial charge in [0.25, 0.3) is 0 Å². The Kier molecular flexibility index (Phi) is 5.01. The van der Waals surface area contributed by atoms with E-state index in [1.165, 1.54) is 5.56 Å². The highest BCUT2D eigenvalue weighted by atomic mass is 35.5. The van der Waals surface area contributed by atoms with Crippen LogP contribution in [0.25, 0.3) is 11.1 Å². The van der Waals surface area contributed by atoms with E-state index < -0.39 is 0 Å². The smallest absolute Gasteiger partial charge is 0.116 e. The van der Waals surface area contributed by atoms with E-state index in [4.69, 9.17) is 0 Å². The summed E-state index contributed by atoms with van der Waals surface area (Å²) in [5, 5.41) is 9.55. The Labute approximate surface area is 108 Å². The van der Waals surface area contributed by atoms with Gasteiger partial charge in [0.2, 0.25) is 0 Å². The predicted molar refractivity (Wildman–Crippen MR) is 65.0 cm³/mol. The summed E-state index contributed by atoms with van der Waals surface area (Å²) in [7, 11) is 0. The summed E-state index contributed by atoms with van der Waals surface area (Å²) in [6.07, 6.45) is 0.935. The molecule has 0 aliphatic heterocycles. The van der Waals surface area contributed by atoms with Crippen molar-refractivity contribution in [2.75, 3.05) is 6.54 Å². The summed E-state index contributed by atoms with van der Waals surface area (Å²) in [6, 6.07) is 15.7. The molecule has 17 heavy (non-hydrogen) atoms. The van der Waals surface area contributed by atoms with E-state index in [2.05, 4.69) is 17.9 Å². The summed E-state index contributed by atoms with van der Waals surface area (Å²) >= 11 is 0. The van der Waals surface area contributed by atoms with Gasteiger partial charge in [-0.1, -0.05) is 36.4 Å². The van der Waals surface area contributed by atoms with E-state index >= 15 is 0 Å². The van der Waals surface area contributed by atoms with Crippen molar-refractivity contribution in [3.63, 3.8) is 0 Å². The number of benzene rings is 2. The van der Waals surface area contributed by atoms with Crippen LogP contribution in [0.2, 0.25) is 0 Å². The molecule has 0 heterocycles. The lowest BCUT2D eigenvalue weighted by atomic mass is 9.97. The topological polar surface area (TPSA) is 47.9 Å². The van der Waals surface area contributed by atoms with Crippen LogP contribution in [0.4, 0.5) is 0 Å². The van der Waals surface area contributed by atoms with Gasteiger partial charge in [0.1, 0.15) is 5.75 Å². The molecule has 3 heteroatoms. The minimum absolute atomic E-state index is 0. The van der Waals surface area contributed by atoms with Gasteiger partial charge >= 0.3 is 0 Å². The van der Waals surface area contributed by atoms with Gasteiger partial charge in [0, 0.05) is 6.42 Å². The molecule has 0 bridgehead atoms. The molecular formula is C14H16ClNO. The Morgan fingerprint density at radius 1 is 1.00 bits per heavy atom. The Balaban J connectivity index is 0.00000144. The maximum absolute atomic E-state index is 9.55. The van der Waals surface area contributed by atoms with Gasteiger partial charge in [0.05, 0.1) is 6.54 Å². The molecule has 0 aliphatic carbocycles. The minimum atomic E-state index is 0. The SMILES string of the molecule is [Cl-].[NH3+]CCc1ccc(O)cc1-c1ccccc1. The molecule has 0 atom stereocenters. The van der Waals surface area contributed by atoms with E-state index in [0.29, 0.717) is 5.75 Å². The number of hydrogen-bond acceptors (Lipinski definition) is 1. The Hall–Kier alpha value is -1.51. The number of rotatable bonds is 3. The van der Waals surface area contributed by atoms with Gasteiger partial charge in [-0.2, -0.15) is 0 Å². The van der Waals surface area contributed by atoms with Crippen molar-refractivity contribution in [2.24, 2.45) is 0 Å². The van der Waals surface area contributed by atoms with E-state index in [9.17, 15) is 5.11 Å². The number of aromatic hydroxyl groups is 1. The third-order valence-corrected chi connectivity index (χ3v) is 2.62. The van der Waals surface area contributed by atoms with Crippen molar-refractivity contribution in [3.8, 4) is 16.9 Å². The third kappa shape index (κ3) is 3.22. The Bertz CT molecular complexity index is 471. The van der Waals surface area contributed by atoms with Crippen molar-refractivity contribution in [1.29, 1.82) is 0 Å². The van der Waals surface area contributed by atoms with Crippen LogP contribution in [-0.2, 0) is 6.42 Å². The first-order valence-electron chi connectivity index (χ1n) is 5.48. The molecule has 0 amide bonds. The highest BCUT2D eigenvalue weighted by Crippen LogP contribution is 2.27. The highest BCUT2D eigenvalue weighted by Gasteiger charge is 2.05. The number of phenols is 1. The molecule has 2 rings (SSSR count). The normalized spacial score (nSPS) is 9.71. The fourth-order valence-corrected chi connectivity index (χ4v) is 1.86. The molecule has 90 valence electrons. The lowest BCUT2D eigenvalue weighted by molar-refractivity contribution is -0.366. The lowest BCUT2D eigenvalue weighted by Crippen LogP contribution is -3.00. The van der Waals surface area contributed by atoms with E-state index in [-0.39, 0.29) is 12.4 Å². The fraction of sp³-hybridized carbons (Fsp3) is 0.143. The average molecular weight is 250 g/mol. The third-order valence-electron chi connectivity index (χ3n) is 2.62. The summed E-state index contributed by atoms with van der Waals surface area (Å²) < 4.78 is 0. The minimum Gasteiger partial charge on any atom is -1.00 e. The van der Waals surface area contributed by atoms with E-state index in [1.54, 1.807) is 6.07 Å². The Morgan fingerprint density at radius 3 is 2.35 bits per heavy atom. The maximum Gasteiger partial charge on any atom is 0.116 e. The van der Waals surface area contributed by atoms with E-state index in [1.807, 2.05) is 30.3 Å². The molecule has 0 radical (unpaired) electrons. The van der Waals surface area contributed by atoms with Crippen LogP contribution in [0.3, 0.4) is 0 Å². The van der Waals surface area contributed by atoms with Crippen molar-refractivity contribution in [2.45, 2.75) is 6.42 Å². The quantitative estimate of drug-likeness (QED) is 0.709. The maximum atomic E-state index is 9.55. The zero-order valence-corrected chi connectivity index (χ0v) is 10.3. The molecule has 0 unspecified atom stereocenters. The first-order chi connectivity index (χ1) is 7.81. The average Bonchev–Trinajstić information content (AvgIpc) is 2.33. The standard InChI is InChI=1S/C14H15NO.ClH/c15-9-8-12-6-7-13(16)10-14(12)11-4-2-1-3-5-11;/h1-7,10,16H,8-9,15H2;1H. The second kappa shape index (κ2) is 6.28. The molecule has 2 aromatic rings. The molecule has 0 aromatic heterocycles. The van der Waals surface area contributed by atoms with Crippen molar-refractivity contribution in [1.82, 2.24) is 0 Å². The molecule has 0 aliphatic rings. The molecule has 2 aromatic carbocycles. The molecule has 0 spiro atoms. The molecule has 0 fully saturated rings. The number of halogens is 1. The molecule has 2 nitrogen and oxygen atoms in total. The predicted octanol–water partition coefficient (Wildman–Crippen LogP) is -1.15. The zero-order valence-electron chi connectivity index (χ0n) is 9.57. The number of quaternary nitrogens is 1. The van der Waals surface area contributed by atoms with Crippen molar-refractivity contribution in [3.05, 3.63) is 54.1 Å². The van der Waals surface area contributed by atoms with Gasteiger partial charge in [0.15, 0.2) is 0 Å². The largest absolute Gasteiger partial charge is 1.00 e. The van der Waals surface area contributed by atoms with Crippen LogP contribution >= 0.6 is 0 Å². The highest BCUT2D eigenvalue weighted by molar-refractivity contribution is 5.68. The molecular weight excluding hydrogens is 234 g/mol. The molecule has 0 saturated heterocycles. The zero-order chi connectivity index (χ0) is 11.4. The van der Waals surface area contributed by atoms with Crippen LogP contribution in [0.5, 0.6) is 5.75 Å². The van der Waals surface area contributed by atoms with Gasteiger partial charge in [-0.3, -0.25) is 0 Å². The summed E-state index contributed by atoms with van der Waals surface area (Å²) in [5.74, 6) is 0.312. The van der Waals surface area contributed by atoms with Crippen molar-refractivity contribution >= 4 is 0 Å². The van der Waals surface area contributed by atoms with Crippen LogP contribution in [0, 0.1) is 0 Å². The molecule has 0 saturated carbocycles. The van der Waals surface area contributed by atoms with Crippen LogP contribution < -0.4 is 18.1 Å². The van der Waals surface area contributed by atoms with Crippen LogP contribution in [0.1, 0.15) is 5.56 Å². The number of hydrogen-bond donors (Lipinski definition) is 2. The Morgan fingerprint density at radius 2 is 1.71 bits per heavy atom. The monoisotopic (exact) mass is 249 g/mol. The van der Waals surface area contributed by atoms with Crippen LogP contribution in [0.15, 0.2) is 48.5 Å². The first-order valence-corrected chi connectivity index (χ1v) is 5.48. The van der Waals surface area contributed by atoms with Crippen molar-refractivity contribution < 1.29 is 23.2 Å². The summed E-state index contributed by atoms with van der Waals surface area (Å²) in [6.45, 7) is 0.866. The fourth-order valence-electron chi connectivity index (χ4n) is 1.86. The van der Waals surface area contributed by atoms with Gasteiger partial charge in [-0.05, 0) is 28.8 Å². The van der Waals surface area contributed by atoms with Crippen LogP contribution in [-0.4, -0.2) is 11.7 Å². The van der Waals surface area contributed by atoms with E-state index in [0.717, 1.165) is 24.1 Å². The van der Waals surface area contributed by atoms with Gasteiger partial charge in [-0.25, -0.2) is 0 Å². The second-order valence-corrected chi connectivity index (χ2v) is 3.81. The summed E-state index contributed by atoms with van der Waals surface area (Å²) in [4.78, 5) is 0. The second-order valence-electron chi connectivity index (χ2n) is 3.81.